The van der Waals surface area contributed by atoms with E-state index in [0.29, 0.717) is 11.3 Å². The van der Waals surface area contributed by atoms with E-state index in [1.54, 1.807) is 60.7 Å². The monoisotopic (exact) mass is 765 g/mol. The zero-order chi connectivity index (χ0) is 39.6. The number of rotatable bonds is 10. The highest BCUT2D eigenvalue weighted by Crippen LogP contribution is 2.33. The summed E-state index contributed by atoms with van der Waals surface area (Å²) in [4.78, 5) is 13.7. The number of nitrogens with zero attached hydrogens (tertiary/aromatic N) is 1. The molecule has 2 unspecified atom stereocenters. The fourth-order valence-electron chi connectivity index (χ4n) is 2.69. The van der Waals surface area contributed by atoms with Gasteiger partial charge in [-0.2, -0.15) is 66.4 Å². The molecule has 2 rings (SSSR count). The van der Waals surface area contributed by atoms with Gasteiger partial charge in [0.05, 0.1) is 12.8 Å². The van der Waals surface area contributed by atoms with E-state index in [2.05, 4.69) is 22.8 Å². The van der Waals surface area contributed by atoms with Crippen LogP contribution in [-0.4, -0.2) is 62.7 Å². The maximum absolute atomic E-state index is 12.5. The molecular formula is C28H25F18NO3. The van der Waals surface area contributed by atoms with Gasteiger partial charge in [-0.1, -0.05) is 61.2 Å². The van der Waals surface area contributed by atoms with Crippen LogP contribution < -0.4 is 4.90 Å². The normalized spacial score (nSPS) is 13.2. The molecule has 286 valence electrons. The van der Waals surface area contributed by atoms with Crippen molar-refractivity contribution in [1.29, 1.82) is 0 Å². The first-order valence-electron chi connectivity index (χ1n) is 12.8. The second-order valence-electron chi connectivity index (χ2n) is 8.93. The third-order valence-corrected chi connectivity index (χ3v) is 4.77. The summed E-state index contributed by atoms with van der Waals surface area (Å²) in [5.74, 6) is 0. The molecule has 0 heterocycles. The molecule has 0 radical (unpaired) electrons. The highest BCUT2D eigenvalue weighted by atomic mass is 19.4. The van der Waals surface area contributed by atoms with Gasteiger partial charge in [0.25, 0.3) is 6.36 Å². The quantitative estimate of drug-likeness (QED) is 0.105. The minimum atomic E-state index is -5.57. The third-order valence-electron chi connectivity index (χ3n) is 4.77. The molecule has 0 saturated carbocycles. The maximum Gasteiger partial charge on any atom is 0.445 e. The Bertz CT molecular complexity index is 1240. The van der Waals surface area contributed by atoms with E-state index in [1.165, 1.54) is 6.08 Å². The Labute approximate surface area is 271 Å². The number of anilines is 1. The van der Waals surface area contributed by atoms with Crippen molar-refractivity contribution in [3.05, 3.63) is 85.5 Å². The van der Waals surface area contributed by atoms with Crippen molar-refractivity contribution in [1.82, 2.24) is 0 Å². The Morgan fingerprint density at radius 1 is 0.780 bits per heavy atom. The van der Waals surface area contributed by atoms with Crippen molar-refractivity contribution >= 4 is 17.4 Å². The lowest BCUT2D eigenvalue weighted by atomic mass is 10.1. The Hall–Kier alpha value is -3.95. The predicted octanol–water partition coefficient (Wildman–Crippen LogP) is 11.6. The molecule has 50 heavy (non-hydrogen) atoms. The van der Waals surface area contributed by atoms with Gasteiger partial charge in [-0.15, -0.1) is 11.0 Å². The number of carbonyl (C=O) groups excluding carboxylic acids is 1. The molecule has 22 heteroatoms. The molecule has 0 aliphatic heterocycles. The smallest absolute Gasteiger partial charge is 0.281 e. The number of hydrogen-bond donors (Lipinski definition) is 0. The predicted molar refractivity (Wildman–Crippen MR) is 142 cm³/mol. The molecule has 0 aromatic heterocycles. The molecule has 0 aliphatic rings. The summed E-state index contributed by atoms with van der Waals surface area (Å²) in [5.41, 5.74) is 1.18. The number of alkyl halides is 16. The molecular weight excluding hydrogens is 740 g/mol. The summed E-state index contributed by atoms with van der Waals surface area (Å²) >= 11 is 0. The lowest BCUT2D eigenvalue weighted by Crippen LogP contribution is -2.36. The van der Waals surface area contributed by atoms with Crippen LogP contribution in [0.15, 0.2) is 79.9 Å². The Morgan fingerprint density at radius 3 is 1.54 bits per heavy atom. The number of allylic oxidation sites excluding steroid dienone is 1. The standard InChI is InChI=1S/C10H9F3.C10H10FNO.2C4H3F7O/c1-8(7-10(11,12)13)9-5-3-2-4-6-9;1-2-8-12(10(11)13)9-6-4-3-5-7-9;5-1-3(7,8)12-2(6)4(9,10)11;5-3(6,7)1-2(12-11)4(8,9)10/h2-6H,1,7H2;2-7H,1,8H2;2*2H,1H2. The van der Waals surface area contributed by atoms with Crippen molar-refractivity contribution in [2.24, 2.45) is 0 Å². The Kier molecular flexibility index (Phi) is 20.5. The van der Waals surface area contributed by atoms with E-state index < -0.39 is 69.0 Å². The van der Waals surface area contributed by atoms with E-state index in [9.17, 15) is 84.0 Å². The van der Waals surface area contributed by atoms with Gasteiger partial charge >= 0.3 is 37.0 Å². The largest absolute Gasteiger partial charge is 0.445 e. The van der Waals surface area contributed by atoms with Crippen LogP contribution in [0.3, 0.4) is 0 Å². The molecule has 0 spiro atoms. The minimum Gasteiger partial charge on any atom is -0.281 e. The summed E-state index contributed by atoms with van der Waals surface area (Å²) in [7, 11) is 0. The van der Waals surface area contributed by atoms with Crippen molar-refractivity contribution < 1.29 is 93.6 Å². The Balaban J connectivity index is 0. The number of carbonyl (C=O) groups is 1. The van der Waals surface area contributed by atoms with Crippen LogP contribution in [0.2, 0.25) is 0 Å². The number of amides is 1. The van der Waals surface area contributed by atoms with E-state index in [-0.39, 0.29) is 12.1 Å². The molecule has 2 aromatic rings. The van der Waals surface area contributed by atoms with Crippen LogP contribution >= 0.6 is 0 Å². The molecule has 2 atom stereocenters. The summed E-state index contributed by atoms with van der Waals surface area (Å²) < 4.78 is 209. The number of benzene rings is 2. The molecule has 4 nitrogen and oxygen atoms in total. The van der Waals surface area contributed by atoms with Crippen LogP contribution in [0.25, 0.3) is 5.57 Å². The second-order valence-corrected chi connectivity index (χ2v) is 8.93. The average molecular weight is 765 g/mol. The van der Waals surface area contributed by atoms with Crippen LogP contribution in [0.1, 0.15) is 18.4 Å². The van der Waals surface area contributed by atoms with E-state index in [0.717, 1.165) is 4.90 Å². The first-order valence-corrected chi connectivity index (χ1v) is 12.8. The van der Waals surface area contributed by atoms with E-state index in [1.807, 2.05) is 0 Å². The fraction of sp³-hybridized carbons (Fsp3) is 0.393. The van der Waals surface area contributed by atoms with Gasteiger partial charge in [0.1, 0.15) is 0 Å². The summed E-state index contributed by atoms with van der Waals surface area (Å²) in [6, 6.07) is 17.0. The van der Waals surface area contributed by atoms with Gasteiger partial charge in [-0.05, 0) is 27.8 Å². The SMILES string of the molecule is C=C(CC(F)(F)F)c1ccccc1.C=CCN(C(=O)F)c1ccccc1.FCC(F)(F)OC(F)C(F)(F)F.FOC(CC(F)(F)F)C(F)(F)F. The van der Waals surface area contributed by atoms with Crippen molar-refractivity contribution in [2.45, 2.75) is 56.1 Å². The molecule has 0 fully saturated rings. The highest BCUT2D eigenvalue weighted by molar-refractivity contribution is 5.86. The average Bonchev–Trinajstić information content (AvgIpc) is 2.98. The van der Waals surface area contributed by atoms with Crippen LogP contribution in [0.4, 0.5) is 89.6 Å². The van der Waals surface area contributed by atoms with Gasteiger partial charge in [0, 0.05) is 12.2 Å². The molecule has 2 aromatic carbocycles. The fourth-order valence-corrected chi connectivity index (χ4v) is 2.69. The molecule has 0 saturated heterocycles. The number of hydrogen-bond acceptors (Lipinski definition) is 3. The molecule has 0 bridgehead atoms. The first-order chi connectivity index (χ1) is 22.6. The number of ether oxygens (including phenoxy) is 1. The van der Waals surface area contributed by atoms with Crippen LogP contribution in [0, 0.1) is 0 Å². The zero-order valence-electron chi connectivity index (χ0n) is 24.7. The highest BCUT2D eigenvalue weighted by Gasteiger charge is 2.49. The lowest BCUT2D eigenvalue weighted by Gasteiger charge is -2.18. The van der Waals surface area contributed by atoms with Crippen molar-refractivity contribution in [3.63, 3.8) is 0 Å². The molecule has 1 amide bonds. The maximum atomic E-state index is 12.5. The zero-order valence-corrected chi connectivity index (χ0v) is 24.7. The number of para-hydroxylation sites is 1. The van der Waals surface area contributed by atoms with Crippen molar-refractivity contribution in [3.8, 4) is 0 Å². The van der Waals surface area contributed by atoms with Gasteiger partial charge < -0.3 is 0 Å². The second kappa shape index (κ2) is 21.3. The van der Waals surface area contributed by atoms with Crippen LogP contribution in [0.5, 0.6) is 0 Å². The van der Waals surface area contributed by atoms with Gasteiger partial charge in [0.2, 0.25) is 6.10 Å². The molecule has 0 aliphatic carbocycles. The topological polar surface area (TPSA) is 38.8 Å². The summed E-state index contributed by atoms with van der Waals surface area (Å²) in [6.07, 6.45) is -35.9. The van der Waals surface area contributed by atoms with Gasteiger partial charge in [0.15, 0.2) is 6.67 Å². The molecule has 0 N–H and O–H groups in total. The van der Waals surface area contributed by atoms with E-state index in [4.69, 9.17) is 0 Å². The van der Waals surface area contributed by atoms with Crippen LogP contribution in [-0.2, 0) is 9.68 Å². The first kappa shape index (κ1) is 48.2. The summed E-state index contributed by atoms with van der Waals surface area (Å²) in [6.45, 7) is 4.51. The van der Waals surface area contributed by atoms with Gasteiger partial charge in [-0.3, -0.25) is 9.64 Å². The third kappa shape index (κ3) is 23.4. The van der Waals surface area contributed by atoms with Gasteiger partial charge in [-0.25, -0.2) is 13.6 Å². The lowest BCUT2D eigenvalue weighted by molar-refractivity contribution is -0.359. The number of halogens is 18. The van der Waals surface area contributed by atoms with Crippen molar-refractivity contribution in [2.75, 3.05) is 18.1 Å². The van der Waals surface area contributed by atoms with E-state index >= 15 is 0 Å². The summed E-state index contributed by atoms with van der Waals surface area (Å²) in [5, 5.41) is 0. The minimum absolute atomic E-state index is 0.105. The Morgan fingerprint density at radius 2 is 1.24 bits per heavy atom.